The minimum atomic E-state index is -0.207. The maximum absolute atomic E-state index is 13.0. The lowest BCUT2D eigenvalue weighted by atomic mass is 10.0. The monoisotopic (exact) mass is 368 g/mol. The molecule has 0 radical (unpaired) electrons. The van der Waals surface area contributed by atoms with E-state index in [1.165, 1.54) is 0 Å². The first-order chi connectivity index (χ1) is 11.3. The highest BCUT2D eigenvalue weighted by molar-refractivity contribution is 6.39. The number of halogens is 2. The zero-order valence-corrected chi connectivity index (χ0v) is 16.1. The summed E-state index contributed by atoms with van der Waals surface area (Å²) in [5, 5.41) is 5.27. The molecule has 0 bridgehead atoms. The fraction of sp³-hybridized carbons (Fsp3) is 0.444. The first-order valence-corrected chi connectivity index (χ1v) is 8.71. The van der Waals surface area contributed by atoms with Gasteiger partial charge in [-0.1, -0.05) is 37.0 Å². The Morgan fingerprint density at radius 3 is 2.50 bits per heavy atom. The number of carbonyl (C=O) groups is 1. The van der Waals surface area contributed by atoms with E-state index in [2.05, 4.69) is 18.9 Å². The molecular formula is C18H22Cl2N2O2. The molecule has 4 nitrogen and oxygen atoms in total. The third kappa shape index (κ3) is 3.60. The molecule has 0 aliphatic heterocycles. The standard InChI is InChI=1S/C18H22Cl2N2O2/c1-6-24-18-14(8-21-22(18)9-10(2)3)17(23)13-7-11(4)15(19)12(5)16(13)20/h7-8,10H,6,9H2,1-5H3. The molecule has 0 aliphatic carbocycles. The summed E-state index contributed by atoms with van der Waals surface area (Å²) in [4.78, 5) is 13.0. The van der Waals surface area contributed by atoms with Crippen LogP contribution in [0.5, 0.6) is 5.88 Å². The Morgan fingerprint density at radius 2 is 1.92 bits per heavy atom. The lowest BCUT2D eigenvalue weighted by Crippen LogP contribution is -2.11. The fourth-order valence-corrected chi connectivity index (χ4v) is 2.97. The topological polar surface area (TPSA) is 44.1 Å². The number of aromatic nitrogens is 2. The second-order valence-electron chi connectivity index (χ2n) is 6.20. The third-order valence-corrected chi connectivity index (χ3v) is 4.77. The molecule has 0 atom stereocenters. The van der Waals surface area contributed by atoms with Crippen LogP contribution in [0.1, 0.15) is 47.8 Å². The van der Waals surface area contributed by atoms with Crippen LogP contribution in [0, 0.1) is 19.8 Å². The van der Waals surface area contributed by atoms with Crippen LogP contribution < -0.4 is 4.74 Å². The maximum atomic E-state index is 13.0. The number of carbonyl (C=O) groups excluding carboxylic acids is 1. The molecule has 1 heterocycles. The average Bonchev–Trinajstić information content (AvgIpc) is 2.90. The van der Waals surface area contributed by atoms with E-state index in [9.17, 15) is 4.79 Å². The molecule has 130 valence electrons. The lowest BCUT2D eigenvalue weighted by Gasteiger charge is -2.13. The first-order valence-electron chi connectivity index (χ1n) is 7.96. The van der Waals surface area contributed by atoms with Gasteiger partial charge in [-0.05, 0) is 43.9 Å². The van der Waals surface area contributed by atoms with E-state index in [0.29, 0.717) is 51.7 Å². The quantitative estimate of drug-likeness (QED) is 0.666. The van der Waals surface area contributed by atoms with Crippen LogP contribution in [0.3, 0.4) is 0 Å². The summed E-state index contributed by atoms with van der Waals surface area (Å²) in [7, 11) is 0. The van der Waals surface area contributed by atoms with Crippen LogP contribution in [0.2, 0.25) is 10.0 Å². The molecule has 0 amide bonds. The SMILES string of the molecule is CCOc1c(C(=O)c2cc(C)c(Cl)c(C)c2Cl)cnn1CC(C)C. The van der Waals surface area contributed by atoms with Crippen LogP contribution in [0.15, 0.2) is 12.3 Å². The predicted molar refractivity (Wildman–Crippen MR) is 97.6 cm³/mol. The Labute approximate surface area is 152 Å². The summed E-state index contributed by atoms with van der Waals surface area (Å²) in [5.41, 5.74) is 2.35. The van der Waals surface area contributed by atoms with Crippen molar-refractivity contribution in [2.45, 2.75) is 41.2 Å². The molecule has 1 aromatic carbocycles. The molecule has 0 fully saturated rings. The highest BCUT2D eigenvalue weighted by atomic mass is 35.5. The summed E-state index contributed by atoms with van der Waals surface area (Å²) < 4.78 is 7.41. The Bertz CT molecular complexity index is 767. The predicted octanol–water partition coefficient (Wildman–Crippen LogP) is 5.09. The van der Waals surface area contributed by atoms with Crippen LogP contribution in [-0.4, -0.2) is 22.2 Å². The molecule has 0 aliphatic rings. The van der Waals surface area contributed by atoms with Crippen molar-refractivity contribution in [1.29, 1.82) is 0 Å². The fourth-order valence-electron chi connectivity index (χ4n) is 2.54. The number of rotatable bonds is 6. The van der Waals surface area contributed by atoms with Gasteiger partial charge in [0.2, 0.25) is 11.7 Å². The van der Waals surface area contributed by atoms with Gasteiger partial charge in [-0.3, -0.25) is 4.79 Å². The van der Waals surface area contributed by atoms with Crippen LogP contribution >= 0.6 is 23.2 Å². The molecular weight excluding hydrogens is 347 g/mol. The zero-order valence-electron chi connectivity index (χ0n) is 14.6. The van der Waals surface area contributed by atoms with Crippen molar-refractivity contribution in [3.63, 3.8) is 0 Å². The van der Waals surface area contributed by atoms with Gasteiger partial charge in [0.05, 0.1) is 17.8 Å². The minimum absolute atomic E-state index is 0.207. The molecule has 2 aromatic rings. The smallest absolute Gasteiger partial charge is 0.223 e. The Morgan fingerprint density at radius 1 is 1.25 bits per heavy atom. The number of aryl methyl sites for hydroxylation is 1. The van der Waals surface area contributed by atoms with Gasteiger partial charge in [0.1, 0.15) is 5.56 Å². The number of ketones is 1. The van der Waals surface area contributed by atoms with Gasteiger partial charge in [-0.15, -0.1) is 0 Å². The molecule has 0 saturated heterocycles. The lowest BCUT2D eigenvalue weighted by molar-refractivity contribution is 0.103. The van der Waals surface area contributed by atoms with E-state index >= 15 is 0 Å². The molecule has 2 rings (SSSR count). The zero-order chi connectivity index (χ0) is 18.0. The number of ether oxygens (including phenoxy) is 1. The number of benzene rings is 1. The average molecular weight is 369 g/mol. The van der Waals surface area contributed by atoms with Gasteiger partial charge in [0.15, 0.2) is 0 Å². The molecule has 24 heavy (non-hydrogen) atoms. The van der Waals surface area contributed by atoms with Crippen molar-refractivity contribution in [3.05, 3.63) is 44.6 Å². The van der Waals surface area contributed by atoms with Gasteiger partial charge in [0.25, 0.3) is 0 Å². The molecule has 0 unspecified atom stereocenters. The normalized spacial score (nSPS) is 11.2. The summed E-state index contributed by atoms with van der Waals surface area (Å²) in [6.07, 6.45) is 1.55. The number of hydrogen-bond acceptors (Lipinski definition) is 3. The van der Waals surface area contributed by atoms with Crippen molar-refractivity contribution >= 4 is 29.0 Å². The van der Waals surface area contributed by atoms with Gasteiger partial charge in [-0.25, -0.2) is 4.68 Å². The van der Waals surface area contributed by atoms with Crippen LogP contribution in [0.4, 0.5) is 0 Å². The summed E-state index contributed by atoms with van der Waals surface area (Å²) >= 11 is 12.6. The molecule has 0 spiro atoms. The largest absolute Gasteiger partial charge is 0.478 e. The number of nitrogens with zero attached hydrogens (tertiary/aromatic N) is 2. The summed E-state index contributed by atoms with van der Waals surface area (Å²) in [6.45, 7) is 10.8. The summed E-state index contributed by atoms with van der Waals surface area (Å²) in [5.74, 6) is 0.662. The number of hydrogen-bond donors (Lipinski definition) is 0. The molecule has 0 saturated carbocycles. The van der Waals surface area contributed by atoms with E-state index < -0.39 is 0 Å². The Hall–Kier alpha value is -1.52. The summed E-state index contributed by atoms with van der Waals surface area (Å²) in [6, 6.07) is 1.72. The maximum Gasteiger partial charge on any atom is 0.223 e. The van der Waals surface area contributed by atoms with E-state index in [0.717, 1.165) is 5.56 Å². The Balaban J connectivity index is 2.53. The van der Waals surface area contributed by atoms with Gasteiger partial charge < -0.3 is 4.74 Å². The molecule has 6 heteroatoms. The van der Waals surface area contributed by atoms with Crippen molar-refractivity contribution in [3.8, 4) is 5.88 Å². The van der Waals surface area contributed by atoms with E-state index in [1.54, 1.807) is 23.9 Å². The van der Waals surface area contributed by atoms with Crippen molar-refractivity contribution in [2.24, 2.45) is 5.92 Å². The van der Waals surface area contributed by atoms with Crippen molar-refractivity contribution in [2.75, 3.05) is 6.61 Å². The van der Waals surface area contributed by atoms with E-state index in [4.69, 9.17) is 27.9 Å². The van der Waals surface area contributed by atoms with Crippen LogP contribution in [-0.2, 0) is 6.54 Å². The van der Waals surface area contributed by atoms with Gasteiger partial charge in [0, 0.05) is 17.1 Å². The van der Waals surface area contributed by atoms with Crippen LogP contribution in [0.25, 0.3) is 0 Å². The Kier molecular flexibility index (Phi) is 5.94. The van der Waals surface area contributed by atoms with Crippen molar-refractivity contribution < 1.29 is 9.53 Å². The van der Waals surface area contributed by atoms with E-state index in [1.807, 2.05) is 13.8 Å². The second kappa shape index (κ2) is 7.58. The third-order valence-electron chi connectivity index (χ3n) is 3.70. The molecule has 0 N–H and O–H groups in total. The highest BCUT2D eigenvalue weighted by Crippen LogP contribution is 2.33. The highest BCUT2D eigenvalue weighted by Gasteiger charge is 2.24. The molecule has 1 aromatic heterocycles. The second-order valence-corrected chi connectivity index (χ2v) is 6.95. The minimum Gasteiger partial charge on any atom is -0.478 e. The van der Waals surface area contributed by atoms with Gasteiger partial charge >= 0.3 is 0 Å². The first kappa shape index (κ1) is 18.8. The van der Waals surface area contributed by atoms with Crippen molar-refractivity contribution in [1.82, 2.24) is 9.78 Å². The van der Waals surface area contributed by atoms with Gasteiger partial charge in [-0.2, -0.15) is 5.10 Å². The van der Waals surface area contributed by atoms with E-state index in [-0.39, 0.29) is 5.78 Å².